The molecule has 0 bridgehead atoms. The van der Waals surface area contributed by atoms with E-state index in [1.54, 1.807) is 19.5 Å². The molecule has 7 heteroatoms. The van der Waals surface area contributed by atoms with E-state index in [-0.39, 0.29) is 0 Å². The van der Waals surface area contributed by atoms with E-state index in [0.29, 0.717) is 13.1 Å². The molecule has 0 unspecified atom stereocenters. The number of fused-ring (bicyclic) bond motifs is 1. The highest BCUT2D eigenvalue weighted by molar-refractivity contribution is 5.74. The fourth-order valence-electron chi connectivity index (χ4n) is 3.40. The first-order valence-electron chi connectivity index (χ1n) is 8.95. The van der Waals surface area contributed by atoms with Crippen LogP contribution in [0.5, 0.6) is 0 Å². The molecule has 1 saturated heterocycles. The largest absolute Gasteiger partial charge is 0.497 e. The van der Waals surface area contributed by atoms with E-state index in [2.05, 4.69) is 43.0 Å². The Hall–Kier alpha value is -2.80. The summed E-state index contributed by atoms with van der Waals surface area (Å²) in [5.74, 6) is 0.973. The summed E-state index contributed by atoms with van der Waals surface area (Å²) in [7, 11) is 1.74. The fraction of sp³-hybridized carbons (Fsp3) is 0.368. The Bertz CT molecular complexity index is 841. The first-order valence-corrected chi connectivity index (χ1v) is 8.95. The van der Waals surface area contributed by atoms with Crippen molar-refractivity contribution in [1.29, 1.82) is 0 Å². The normalized spacial score (nSPS) is 17.7. The average molecular weight is 352 g/mol. The van der Waals surface area contributed by atoms with Crippen LogP contribution in [0.4, 0.5) is 0 Å². The van der Waals surface area contributed by atoms with Gasteiger partial charge >= 0.3 is 0 Å². The van der Waals surface area contributed by atoms with Gasteiger partial charge in [-0.2, -0.15) is 0 Å². The highest BCUT2D eigenvalue weighted by atomic mass is 16.5. The second kappa shape index (κ2) is 7.61. The van der Waals surface area contributed by atoms with Gasteiger partial charge in [-0.3, -0.25) is 9.97 Å². The quantitative estimate of drug-likeness (QED) is 0.739. The maximum atomic E-state index is 5.65. The molecule has 0 radical (unpaired) electrons. The van der Waals surface area contributed by atoms with Crippen LogP contribution in [0.1, 0.15) is 5.56 Å². The average Bonchev–Trinajstić information content (AvgIpc) is 2.72. The van der Waals surface area contributed by atoms with Crippen LogP contribution in [-0.4, -0.2) is 54.7 Å². The van der Waals surface area contributed by atoms with Crippen molar-refractivity contribution in [2.75, 3.05) is 39.8 Å². The van der Waals surface area contributed by atoms with E-state index < -0.39 is 0 Å². The molecule has 0 atom stereocenters. The molecule has 4 rings (SSSR count). The predicted molar refractivity (Wildman–Crippen MR) is 101 cm³/mol. The SMILES string of the molecule is COC1=C(N2CCNCC2)C(NCc2ccc3nccnc3c2)=CNC1. The zero-order valence-electron chi connectivity index (χ0n) is 15.0. The van der Waals surface area contributed by atoms with Gasteiger partial charge in [-0.25, -0.2) is 0 Å². The molecule has 1 aromatic heterocycles. The van der Waals surface area contributed by atoms with Crippen molar-refractivity contribution in [2.45, 2.75) is 6.54 Å². The Morgan fingerprint density at radius 1 is 1.15 bits per heavy atom. The molecule has 0 amide bonds. The van der Waals surface area contributed by atoms with Crippen LogP contribution in [0.3, 0.4) is 0 Å². The molecule has 7 nitrogen and oxygen atoms in total. The van der Waals surface area contributed by atoms with Crippen LogP contribution in [0.25, 0.3) is 11.0 Å². The van der Waals surface area contributed by atoms with Crippen molar-refractivity contribution < 1.29 is 4.74 Å². The minimum absolute atomic E-state index is 0.715. The van der Waals surface area contributed by atoms with E-state index in [0.717, 1.165) is 54.4 Å². The maximum Gasteiger partial charge on any atom is 0.140 e. The number of piperazine rings is 1. The number of hydrogen-bond donors (Lipinski definition) is 3. The van der Waals surface area contributed by atoms with Crippen molar-refractivity contribution in [2.24, 2.45) is 0 Å². The fourth-order valence-corrected chi connectivity index (χ4v) is 3.40. The summed E-state index contributed by atoms with van der Waals surface area (Å²) in [6, 6.07) is 6.18. The van der Waals surface area contributed by atoms with E-state index in [9.17, 15) is 0 Å². The lowest BCUT2D eigenvalue weighted by Gasteiger charge is -2.35. The lowest BCUT2D eigenvalue weighted by Crippen LogP contribution is -2.46. The van der Waals surface area contributed by atoms with Crippen LogP contribution in [0, 0.1) is 0 Å². The minimum atomic E-state index is 0.715. The number of methoxy groups -OCH3 is 1. The van der Waals surface area contributed by atoms with E-state index in [1.165, 1.54) is 5.56 Å². The molecule has 1 aromatic carbocycles. The van der Waals surface area contributed by atoms with Crippen molar-refractivity contribution in [1.82, 2.24) is 30.8 Å². The van der Waals surface area contributed by atoms with Gasteiger partial charge in [-0.05, 0) is 17.7 Å². The number of benzene rings is 1. The Kier molecular flexibility index (Phi) is 4.88. The van der Waals surface area contributed by atoms with Crippen LogP contribution in [-0.2, 0) is 11.3 Å². The van der Waals surface area contributed by atoms with Crippen LogP contribution in [0.2, 0.25) is 0 Å². The molecule has 2 aliphatic heterocycles. The Labute approximate surface area is 153 Å². The highest BCUT2D eigenvalue weighted by Crippen LogP contribution is 2.22. The lowest BCUT2D eigenvalue weighted by atomic mass is 10.1. The zero-order valence-corrected chi connectivity index (χ0v) is 15.0. The molecule has 26 heavy (non-hydrogen) atoms. The summed E-state index contributed by atoms with van der Waals surface area (Å²) in [5, 5.41) is 10.3. The van der Waals surface area contributed by atoms with Gasteiger partial charge in [0.15, 0.2) is 0 Å². The number of ether oxygens (including phenoxy) is 1. The van der Waals surface area contributed by atoms with Crippen molar-refractivity contribution >= 4 is 11.0 Å². The van der Waals surface area contributed by atoms with Crippen LogP contribution >= 0.6 is 0 Å². The summed E-state index contributed by atoms with van der Waals surface area (Å²) in [6.07, 6.45) is 5.49. The standard InChI is InChI=1S/C19H24N6O/c1-26-18-13-21-12-17(19(18)25-8-6-20-7-9-25)24-11-14-2-3-15-16(10-14)23-5-4-22-15/h2-5,10,12,20-21,24H,6-9,11,13H2,1H3. The molecule has 2 aromatic rings. The molecule has 3 heterocycles. The summed E-state index contributed by atoms with van der Waals surface area (Å²) in [5.41, 5.74) is 5.22. The smallest absolute Gasteiger partial charge is 0.140 e. The Balaban J connectivity index is 1.53. The summed E-state index contributed by atoms with van der Waals surface area (Å²) in [6.45, 7) is 5.37. The molecule has 2 aliphatic rings. The molecule has 0 spiro atoms. The molecule has 3 N–H and O–H groups in total. The summed E-state index contributed by atoms with van der Waals surface area (Å²) < 4.78 is 5.65. The molecular weight excluding hydrogens is 328 g/mol. The van der Waals surface area contributed by atoms with Gasteiger partial charge in [0.05, 0.1) is 30.4 Å². The number of nitrogens with zero attached hydrogens (tertiary/aromatic N) is 3. The molecule has 136 valence electrons. The first-order chi connectivity index (χ1) is 12.8. The second-order valence-corrected chi connectivity index (χ2v) is 6.38. The summed E-state index contributed by atoms with van der Waals surface area (Å²) in [4.78, 5) is 11.1. The number of nitrogens with one attached hydrogen (secondary N) is 3. The van der Waals surface area contributed by atoms with Crippen molar-refractivity contribution in [3.8, 4) is 0 Å². The van der Waals surface area contributed by atoms with Crippen molar-refractivity contribution in [3.05, 3.63) is 59.5 Å². The molecule has 0 aliphatic carbocycles. The Morgan fingerprint density at radius 3 is 2.77 bits per heavy atom. The van der Waals surface area contributed by atoms with Gasteiger partial charge in [-0.15, -0.1) is 0 Å². The third-order valence-electron chi connectivity index (χ3n) is 4.72. The van der Waals surface area contributed by atoms with Gasteiger partial charge < -0.3 is 25.6 Å². The third kappa shape index (κ3) is 3.43. The molecular formula is C19H24N6O. The van der Waals surface area contributed by atoms with Crippen LogP contribution in [0.15, 0.2) is 53.9 Å². The van der Waals surface area contributed by atoms with Gasteiger partial charge in [0, 0.05) is 51.3 Å². The van der Waals surface area contributed by atoms with Crippen molar-refractivity contribution in [3.63, 3.8) is 0 Å². The van der Waals surface area contributed by atoms with Gasteiger partial charge in [0.1, 0.15) is 11.5 Å². The van der Waals surface area contributed by atoms with Gasteiger partial charge in [0.2, 0.25) is 0 Å². The number of aromatic nitrogens is 2. The second-order valence-electron chi connectivity index (χ2n) is 6.38. The first kappa shape index (κ1) is 16.7. The monoisotopic (exact) mass is 352 g/mol. The maximum absolute atomic E-state index is 5.65. The number of rotatable bonds is 5. The number of dihydropyridines is 1. The van der Waals surface area contributed by atoms with Gasteiger partial charge in [-0.1, -0.05) is 6.07 Å². The molecule has 0 saturated carbocycles. The minimum Gasteiger partial charge on any atom is -0.497 e. The zero-order chi connectivity index (χ0) is 17.8. The van der Waals surface area contributed by atoms with E-state index in [1.807, 2.05) is 12.3 Å². The van der Waals surface area contributed by atoms with Gasteiger partial charge in [0.25, 0.3) is 0 Å². The molecule has 1 fully saturated rings. The van der Waals surface area contributed by atoms with E-state index >= 15 is 0 Å². The van der Waals surface area contributed by atoms with E-state index in [4.69, 9.17) is 4.74 Å². The van der Waals surface area contributed by atoms with Crippen LogP contribution < -0.4 is 16.0 Å². The summed E-state index contributed by atoms with van der Waals surface area (Å²) >= 11 is 0. The number of hydrogen-bond acceptors (Lipinski definition) is 7. The Morgan fingerprint density at radius 2 is 1.96 bits per heavy atom. The lowest BCUT2D eigenvalue weighted by molar-refractivity contribution is 0.233. The third-order valence-corrected chi connectivity index (χ3v) is 4.72. The highest BCUT2D eigenvalue weighted by Gasteiger charge is 2.24. The predicted octanol–water partition coefficient (Wildman–Crippen LogP) is 0.927. The topological polar surface area (TPSA) is 74.3 Å².